The molecule has 0 N–H and O–H groups in total. The molecule has 5 heteroatoms. The molecule has 1 aromatic carbocycles. The summed E-state index contributed by atoms with van der Waals surface area (Å²) in [5.41, 5.74) is 4.68. The highest BCUT2D eigenvalue weighted by Gasteiger charge is 2.13. The Morgan fingerprint density at radius 3 is 2.57 bits per heavy atom. The van der Waals surface area contributed by atoms with Crippen LogP contribution in [0.1, 0.15) is 22.3 Å². The normalized spacial score (nSPS) is 11.0. The summed E-state index contributed by atoms with van der Waals surface area (Å²) in [6.45, 7) is 6.62. The van der Waals surface area contributed by atoms with Gasteiger partial charge in [0.05, 0.1) is 11.4 Å². The van der Waals surface area contributed by atoms with E-state index in [-0.39, 0.29) is 0 Å². The quantitative estimate of drug-likeness (QED) is 0.743. The van der Waals surface area contributed by atoms with Gasteiger partial charge in [0.1, 0.15) is 0 Å². The zero-order valence-electron chi connectivity index (χ0n) is 12.2. The van der Waals surface area contributed by atoms with E-state index in [1.165, 1.54) is 32.7 Å². The number of aromatic nitrogens is 2. The van der Waals surface area contributed by atoms with E-state index in [0.717, 1.165) is 10.4 Å². The molecule has 0 atom stereocenters. The topological polar surface area (TPSA) is 48.0 Å². The standard InChI is InChI=1S/C16H16N2O2S/c1-10-7-11(2)13(12(3)8-10)9-18-16(19)20-15(17-18)14-5-4-6-21-14/h4-8H,9H2,1-3H3. The molecule has 0 radical (unpaired) electrons. The van der Waals surface area contributed by atoms with E-state index in [1.807, 2.05) is 17.5 Å². The Bertz CT molecular complexity index is 805. The maximum absolute atomic E-state index is 12.0. The first-order chi connectivity index (χ1) is 10.0. The van der Waals surface area contributed by atoms with Crippen LogP contribution in [-0.2, 0) is 6.54 Å². The van der Waals surface area contributed by atoms with Gasteiger partial charge in [-0.1, -0.05) is 23.8 Å². The summed E-state index contributed by atoms with van der Waals surface area (Å²) >= 11 is 1.50. The second kappa shape index (κ2) is 5.33. The van der Waals surface area contributed by atoms with Crippen LogP contribution in [0.3, 0.4) is 0 Å². The molecule has 0 bridgehead atoms. The van der Waals surface area contributed by atoms with Crippen LogP contribution in [0, 0.1) is 20.8 Å². The van der Waals surface area contributed by atoms with E-state index < -0.39 is 5.76 Å². The number of hydrogen-bond acceptors (Lipinski definition) is 4. The third-order valence-electron chi connectivity index (χ3n) is 3.49. The minimum absolute atomic E-state index is 0.386. The summed E-state index contributed by atoms with van der Waals surface area (Å²) in [6, 6.07) is 8.04. The largest absolute Gasteiger partial charge is 0.437 e. The molecule has 0 saturated heterocycles. The molecule has 4 nitrogen and oxygen atoms in total. The molecular weight excluding hydrogens is 284 g/mol. The molecule has 2 aromatic heterocycles. The average molecular weight is 300 g/mol. The van der Waals surface area contributed by atoms with Crippen molar-refractivity contribution < 1.29 is 4.42 Å². The molecule has 0 saturated carbocycles. The van der Waals surface area contributed by atoms with E-state index in [0.29, 0.717) is 12.4 Å². The summed E-state index contributed by atoms with van der Waals surface area (Å²) < 4.78 is 6.63. The molecule has 3 aromatic rings. The van der Waals surface area contributed by atoms with Gasteiger partial charge in [-0.3, -0.25) is 0 Å². The minimum atomic E-state index is -0.419. The molecule has 0 aliphatic carbocycles. The molecule has 21 heavy (non-hydrogen) atoms. The molecule has 0 amide bonds. The van der Waals surface area contributed by atoms with Gasteiger partial charge in [0.25, 0.3) is 5.89 Å². The van der Waals surface area contributed by atoms with Gasteiger partial charge < -0.3 is 4.42 Å². The molecule has 108 valence electrons. The van der Waals surface area contributed by atoms with Crippen LogP contribution >= 0.6 is 11.3 Å². The van der Waals surface area contributed by atoms with Crippen molar-refractivity contribution in [1.29, 1.82) is 0 Å². The predicted octanol–water partition coefficient (Wildman–Crippen LogP) is 3.54. The maximum atomic E-state index is 12.0. The van der Waals surface area contributed by atoms with Gasteiger partial charge in [0, 0.05) is 0 Å². The summed E-state index contributed by atoms with van der Waals surface area (Å²) in [5.74, 6) is -0.0322. The molecule has 2 heterocycles. The molecule has 0 unspecified atom stereocenters. The van der Waals surface area contributed by atoms with Crippen LogP contribution in [0.5, 0.6) is 0 Å². The van der Waals surface area contributed by atoms with Crippen molar-refractivity contribution in [1.82, 2.24) is 9.78 Å². The van der Waals surface area contributed by atoms with Crippen molar-refractivity contribution in [2.24, 2.45) is 0 Å². The Kier molecular flexibility index (Phi) is 3.51. The monoisotopic (exact) mass is 300 g/mol. The lowest BCUT2D eigenvalue weighted by Gasteiger charge is -2.10. The third-order valence-corrected chi connectivity index (χ3v) is 4.34. The Balaban J connectivity index is 1.98. The summed E-state index contributed by atoms with van der Waals surface area (Å²) in [4.78, 5) is 12.8. The smallest absolute Gasteiger partial charge is 0.387 e. The zero-order chi connectivity index (χ0) is 15.0. The Hall–Kier alpha value is -2.14. The average Bonchev–Trinajstić information content (AvgIpc) is 3.03. The Morgan fingerprint density at radius 2 is 1.95 bits per heavy atom. The highest BCUT2D eigenvalue weighted by molar-refractivity contribution is 7.13. The number of rotatable bonds is 3. The van der Waals surface area contributed by atoms with E-state index >= 15 is 0 Å². The van der Waals surface area contributed by atoms with Crippen molar-refractivity contribution >= 4 is 11.3 Å². The molecule has 0 fully saturated rings. The first kappa shape index (κ1) is 13.8. The lowest BCUT2D eigenvalue weighted by molar-refractivity contribution is 0.495. The minimum Gasteiger partial charge on any atom is -0.387 e. The van der Waals surface area contributed by atoms with Gasteiger partial charge in [-0.05, 0) is 48.9 Å². The second-order valence-corrected chi connectivity index (χ2v) is 6.13. The van der Waals surface area contributed by atoms with Crippen molar-refractivity contribution in [2.75, 3.05) is 0 Å². The number of thiophene rings is 1. The van der Waals surface area contributed by atoms with Gasteiger partial charge in [0.2, 0.25) is 0 Å². The Morgan fingerprint density at radius 1 is 1.24 bits per heavy atom. The van der Waals surface area contributed by atoms with Gasteiger partial charge in [0.15, 0.2) is 0 Å². The van der Waals surface area contributed by atoms with Crippen LogP contribution in [0.4, 0.5) is 0 Å². The fourth-order valence-corrected chi connectivity index (χ4v) is 3.16. The number of aryl methyl sites for hydroxylation is 3. The van der Waals surface area contributed by atoms with Crippen molar-refractivity contribution in [3.63, 3.8) is 0 Å². The lowest BCUT2D eigenvalue weighted by atomic mass is 10.00. The van der Waals surface area contributed by atoms with Crippen LogP contribution in [0.2, 0.25) is 0 Å². The summed E-state index contributed by atoms with van der Waals surface area (Å²) in [6.07, 6.45) is 0. The molecule has 3 rings (SSSR count). The fraction of sp³-hybridized carbons (Fsp3) is 0.250. The fourth-order valence-electron chi connectivity index (χ4n) is 2.52. The van der Waals surface area contributed by atoms with Crippen molar-refractivity contribution in [3.05, 3.63) is 62.4 Å². The van der Waals surface area contributed by atoms with Crippen LogP contribution in [0.15, 0.2) is 38.9 Å². The zero-order valence-corrected chi connectivity index (χ0v) is 13.0. The van der Waals surface area contributed by atoms with Crippen molar-refractivity contribution in [3.8, 4) is 10.8 Å². The first-order valence-corrected chi connectivity index (χ1v) is 7.61. The maximum Gasteiger partial charge on any atom is 0.437 e. The highest BCUT2D eigenvalue weighted by Crippen LogP contribution is 2.22. The molecular formula is C16H16N2O2S. The summed E-state index contributed by atoms with van der Waals surface area (Å²) in [7, 11) is 0. The molecule has 0 aliphatic heterocycles. The van der Waals surface area contributed by atoms with Crippen LogP contribution < -0.4 is 5.76 Å². The van der Waals surface area contributed by atoms with Crippen LogP contribution in [0.25, 0.3) is 10.8 Å². The Labute approximate surface area is 126 Å². The highest BCUT2D eigenvalue weighted by atomic mass is 32.1. The molecule has 0 spiro atoms. The van der Waals surface area contributed by atoms with E-state index in [2.05, 4.69) is 38.0 Å². The van der Waals surface area contributed by atoms with Gasteiger partial charge >= 0.3 is 5.76 Å². The lowest BCUT2D eigenvalue weighted by Crippen LogP contribution is -2.17. The third kappa shape index (κ3) is 2.69. The first-order valence-electron chi connectivity index (χ1n) is 6.73. The van der Waals surface area contributed by atoms with E-state index in [4.69, 9.17) is 4.42 Å². The van der Waals surface area contributed by atoms with Gasteiger partial charge in [-0.15, -0.1) is 16.4 Å². The van der Waals surface area contributed by atoms with E-state index in [9.17, 15) is 4.79 Å². The van der Waals surface area contributed by atoms with E-state index in [1.54, 1.807) is 0 Å². The van der Waals surface area contributed by atoms with Crippen LogP contribution in [-0.4, -0.2) is 9.78 Å². The molecule has 0 aliphatic rings. The predicted molar refractivity (Wildman–Crippen MR) is 83.8 cm³/mol. The SMILES string of the molecule is Cc1cc(C)c(Cn2nc(-c3cccs3)oc2=O)c(C)c1. The number of hydrogen-bond donors (Lipinski definition) is 0. The number of nitrogens with zero attached hydrogens (tertiary/aromatic N) is 2. The van der Waals surface area contributed by atoms with Gasteiger partial charge in [-0.25, -0.2) is 4.79 Å². The van der Waals surface area contributed by atoms with Gasteiger partial charge in [-0.2, -0.15) is 4.68 Å². The van der Waals surface area contributed by atoms with Crippen molar-refractivity contribution in [2.45, 2.75) is 27.3 Å². The summed E-state index contributed by atoms with van der Waals surface area (Å²) in [5, 5.41) is 6.23. The second-order valence-electron chi connectivity index (χ2n) is 5.19. The number of benzene rings is 1.